The molecule has 4 aromatic rings. The van der Waals surface area contributed by atoms with Crippen LogP contribution in [0.5, 0.6) is 5.75 Å². The van der Waals surface area contributed by atoms with Gasteiger partial charge in [-0.3, -0.25) is 0 Å². The van der Waals surface area contributed by atoms with Crippen LogP contribution in [0.4, 0.5) is 0 Å². The summed E-state index contributed by atoms with van der Waals surface area (Å²) in [5, 5.41) is 0. The lowest BCUT2D eigenvalue weighted by Crippen LogP contribution is -2.43. The molecule has 2 heterocycles. The number of hydrogen-bond donors (Lipinski definition) is 0. The molecule has 0 aliphatic heterocycles. The highest BCUT2D eigenvalue weighted by Gasteiger charge is 2.41. The molecular formula is C30H36N4OSi. The molecule has 0 bridgehead atoms. The highest BCUT2D eigenvalue weighted by Crippen LogP contribution is 2.41. The van der Waals surface area contributed by atoms with E-state index >= 15 is 0 Å². The van der Waals surface area contributed by atoms with Crippen LogP contribution < -0.4 is 4.74 Å². The fourth-order valence-electron chi connectivity index (χ4n) is 5.62. The molecule has 0 saturated heterocycles. The zero-order valence-electron chi connectivity index (χ0n) is 22.4. The summed E-state index contributed by atoms with van der Waals surface area (Å²) in [6.45, 7) is 14.7. The number of aromatic nitrogens is 4. The third-order valence-corrected chi connectivity index (χ3v) is 13.6. The van der Waals surface area contributed by atoms with E-state index < -0.39 is 8.07 Å². The lowest BCUT2D eigenvalue weighted by atomic mass is 10.0. The minimum absolute atomic E-state index is 0.554. The molecule has 0 fully saturated rings. The van der Waals surface area contributed by atoms with E-state index in [1.54, 1.807) is 13.4 Å². The Kier molecular flexibility index (Phi) is 7.61. The van der Waals surface area contributed by atoms with Crippen molar-refractivity contribution >= 4 is 19.2 Å². The van der Waals surface area contributed by atoms with Gasteiger partial charge in [0.05, 0.1) is 25.5 Å². The number of nitrogens with zero attached hydrogens (tertiary/aromatic N) is 4. The van der Waals surface area contributed by atoms with Crippen molar-refractivity contribution in [2.75, 3.05) is 7.11 Å². The van der Waals surface area contributed by atoms with Crippen molar-refractivity contribution in [1.82, 2.24) is 19.5 Å². The average molecular weight is 497 g/mol. The highest BCUT2D eigenvalue weighted by molar-refractivity contribution is 6.90. The van der Waals surface area contributed by atoms with Gasteiger partial charge in [-0.15, -0.1) is 5.54 Å². The Morgan fingerprint density at radius 1 is 0.861 bits per heavy atom. The van der Waals surface area contributed by atoms with E-state index in [4.69, 9.17) is 14.7 Å². The van der Waals surface area contributed by atoms with Crippen LogP contribution in [0.15, 0.2) is 61.2 Å². The van der Waals surface area contributed by atoms with Crippen molar-refractivity contribution < 1.29 is 4.74 Å². The van der Waals surface area contributed by atoms with Crippen molar-refractivity contribution in [1.29, 1.82) is 0 Å². The molecule has 0 unspecified atom stereocenters. The number of methoxy groups -OCH3 is 1. The Bertz CT molecular complexity index is 1380. The van der Waals surface area contributed by atoms with Gasteiger partial charge in [-0.2, -0.15) is 0 Å². The summed E-state index contributed by atoms with van der Waals surface area (Å²) in [5.74, 6) is 4.36. The van der Waals surface area contributed by atoms with Crippen LogP contribution in [0.2, 0.25) is 16.6 Å². The fourth-order valence-corrected chi connectivity index (χ4v) is 10.8. The van der Waals surface area contributed by atoms with E-state index in [2.05, 4.69) is 80.8 Å². The summed E-state index contributed by atoms with van der Waals surface area (Å²) in [7, 11) is -0.217. The quantitative estimate of drug-likeness (QED) is 0.202. The second-order valence-corrected chi connectivity index (χ2v) is 15.9. The van der Waals surface area contributed by atoms with Crippen LogP contribution in [0.25, 0.3) is 22.4 Å². The first-order valence-corrected chi connectivity index (χ1v) is 14.9. The summed E-state index contributed by atoms with van der Waals surface area (Å²) in [5.41, 5.74) is 10.8. The topological polar surface area (TPSA) is 52.8 Å². The van der Waals surface area contributed by atoms with Crippen molar-refractivity contribution in [2.24, 2.45) is 0 Å². The van der Waals surface area contributed by atoms with Crippen LogP contribution in [-0.2, 0) is 6.54 Å². The standard InChI is InChI=1S/C30H36N4OSi/c1-21(2)36(22(3)4,23(5)6)17-16-25-14-11-15-26(35-7)27(25)28-29-30(32-19-31-28)34(20-33-29)18-24-12-9-8-10-13-24/h8-15,19-23H,18H2,1-7H3. The molecule has 4 rings (SSSR count). The Balaban J connectivity index is 1.88. The smallest absolute Gasteiger partial charge is 0.164 e. The largest absolute Gasteiger partial charge is 0.496 e. The molecule has 0 aliphatic carbocycles. The van der Waals surface area contributed by atoms with Crippen molar-refractivity contribution in [2.45, 2.75) is 64.7 Å². The zero-order valence-corrected chi connectivity index (χ0v) is 23.4. The molecule has 2 aromatic carbocycles. The van der Waals surface area contributed by atoms with Gasteiger partial charge < -0.3 is 9.30 Å². The van der Waals surface area contributed by atoms with Crippen LogP contribution in [0.3, 0.4) is 0 Å². The number of ether oxygens (including phenoxy) is 1. The zero-order chi connectivity index (χ0) is 25.9. The van der Waals surface area contributed by atoms with Gasteiger partial charge in [-0.25, -0.2) is 15.0 Å². The van der Waals surface area contributed by atoms with Gasteiger partial charge in [0.2, 0.25) is 0 Å². The molecule has 6 heteroatoms. The number of fused-ring (bicyclic) bond motifs is 1. The first kappa shape index (κ1) is 25.7. The maximum absolute atomic E-state index is 5.81. The molecule has 186 valence electrons. The molecule has 0 atom stereocenters. The molecule has 2 aromatic heterocycles. The molecule has 0 radical (unpaired) electrons. The van der Waals surface area contributed by atoms with Crippen molar-refractivity contribution in [3.8, 4) is 28.5 Å². The summed E-state index contributed by atoms with van der Waals surface area (Å²) in [4.78, 5) is 14.0. The van der Waals surface area contributed by atoms with Crippen molar-refractivity contribution in [3.63, 3.8) is 0 Å². The number of hydrogen-bond acceptors (Lipinski definition) is 4. The molecule has 0 aliphatic rings. The first-order valence-electron chi connectivity index (χ1n) is 12.7. The normalized spacial score (nSPS) is 11.8. The van der Waals surface area contributed by atoms with E-state index in [1.807, 2.05) is 36.7 Å². The van der Waals surface area contributed by atoms with E-state index in [0.717, 1.165) is 33.7 Å². The number of rotatable bonds is 7. The van der Waals surface area contributed by atoms with Gasteiger partial charge in [0.25, 0.3) is 0 Å². The van der Waals surface area contributed by atoms with E-state index in [1.165, 1.54) is 5.56 Å². The Morgan fingerprint density at radius 3 is 2.19 bits per heavy atom. The minimum Gasteiger partial charge on any atom is -0.496 e. The number of imidazole rings is 1. The lowest BCUT2D eigenvalue weighted by molar-refractivity contribution is 0.416. The molecule has 0 saturated carbocycles. The lowest BCUT2D eigenvalue weighted by Gasteiger charge is -2.38. The van der Waals surface area contributed by atoms with Crippen LogP contribution in [0, 0.1) is 11.5 Å². The molecule has 5 nitrogen and oxygen atoms in total. The minimum atomic E-state index is -1.91. The third kappa shape index (κ3) is 4.68. The second-order valence-electron chi connectivity index (χ2n) is 10.3. The van der Waals surface area contributed by atoms with Crippen LogP contribution >= 0.6 is 0 Å². The van der Waals surface area contributed by atoms with Crippen LogP contribution in [-0.4, -0.2) is 34.7 Å². The monoisotopic (exact) mass is 496 g/mol. The van der Waals surface area contributed by atoms with Gasteiger partial charge in [-0.1, -0.05) is 83.9 Å². The van der Waals surface area contributed by atoms with Gasteiger partial charge in [0.1, 0.15) is 31.4 Å². The van der Waals surface area contributed by atoms with E-state index in [0.29, 0.717) is 23.2 Å². The Hall–Kier alpha value is -3.43. The number of benzene rings is 2. The van der Waals surface area contributed by atoms with Gasteiger partial charge in [0, 0.05) is 5.56 Å². The maximum Gasteiger partial charge on any atom is 0.164 e. The Morgan fingerprint density at radius 2 is 1.56 bits per heavy atom. The fraction of sp³-hybridized carbons (Fsp3) is 0.367. The van der Waals surface area contributed by atoms with Crippen molar-refractivity contribution in [3.05, 3.63) is 72.3 Å². The molecular weight excluding hydrogens is 460 g/mol. The predicted molar refractivity (Wildman–Crippen MR) is 151 cm³/mol. The summed E-state index contributed by atoms with van der Waals surface area (Å²) in [6, 6.07) is 16.4. The third-order valence-electron chi connectivity index (χ3n) is 7.36. The predicted octanol–water partition coefficient (Wildman–Crippen LogP) is 7.12. The molecule has 0 spiro atoms. The van der Waals surface area contributed by atoms with Gasteiger partial charge >= 0.3 is 0 Å². The molecule has 0 amide bonds. The molecule has 0 N–H and O–H groups in total. The van der Waals surface area contributed by atoms with Gasteiger partial charge in [0.15, 0.2) is 5.65 Å². The molecule has 36 heavy (non-hydrogen) atoms. The summed E-state index contributed by atoms with van der Waals surface area (Å²) < 4.78 is 7.88. The first-order chi connectivity index (χ1) is 17.3. The van der Waals surface area contributed by atoms with E-state index in [-0.39, 0.29) is 0 Å². The Labute approximate surface area is 216 Å². The SMILES string of the molecule is COc1cccc(C#C[Si](C(C)C)(C(C)C)C(C)C)c1-c1ncnc2c1ncn2Cc1ccccc1. The maximum atomic E-state index is 5.81. The van der Waals surface area contributed by atoms with Gasteiger partial charge in [-0.05, 0) is 34.3 Å². The highest BCUT2D eigenvalue weighted by atomic mass is 28.3. The summed E-state index contributed by atoms with van der Waals surface area (Å²) in [6.07, 6.45) is 3.45. The van der Waals surface area contributed by atoms with E-state index in [9.17, 15) is 0 Å². The summed E-state index contributed by atoms with van der Waals surface area (Å²) >= 11 is 0. The average Bonchev–Trinajstić information content (AvgIpc) is 3.27. The second kappa shape index (κ2) is 10.7. The van der Waals surface area contributed by atoms with Crippen LogP contribution in [0.1, 0.15) is 52.7 Å².